The largest absolute Gasteiger partial charge is 0.454 e. The minimum Gasteiger partial charge on any atom is -0.454 e. The Bertz CT molecular complexity index is 1380. The number of carbonyl (C=O) groups is 2. The number of amides is 2. The molecule has 12 heteroatoms. The number of hydrogen-bond acceptors (Lipinski definition) is 6. The molecule has 4 N–H and O–H groups in total. The quantitative estimate of drug-likeness (QED) is 0.428. The van der Waals surface area contributed by atoms with Crippen molar-refractivity contribution in [3.8, 4) is 11.5 Å². The first kappa shape index (κ1) is 26.9. The van der Waals surface area contributed by atoms with Crippen molar-refractivity contribution >= 4 is 44.9 Å². The number of carbonyl (C=O) groups excluding carboxylic acids is 2. The van der Waals surface area contributed by atoms with Crippen molar-refractivity contribution < 1.29 is 22.7 Å². The summed E-state index contributed by atoms with van der Waals surface area (Å²) >= 11 is 6.60. The van der Waals surface area contributed by atoms with Gasteiger partial charge < -0.3 is 26.0 Å². The Kier molecular flexibility index (Phi) is 7.77. The Morgan fingerprint density at radius 3 is 2.46 bits per heavy atom. The number of nitrogens with two attached hydrogens (primary N) is 2. The molecule has 37 heavy (non-hydrogen) atoms. The van der Waals surface area contributed by atoms with Crippen LogP contribution in [-0.2, 0) is 20.4 Å². The number of likely N-dealkylation sites (tertiary alicyclic amines) is 1. The van der Waals surface area contributed by atoms with Crippen LogP contribution in [0.3, 0.4) is 0 Å². The van der Waals surface area contributed by atoms with Crippen LogP contribution in [0.2, 0.25) is 5.02 Å². The highest BCUT2D eigenvalue weighted by Gasteiger charge is 2.32. The lowest BCUT2D eigenvalue weighted by atomic mass is 10.1. The van der Waals surface area contributed by atoms with Gasteiger partial charge in [-0.15, -0.1) is 0 Å². The van der Waals surface area contributed by atoms with Crippen LogP contribution in [-0.4, -0.2) is 57.3 Å². The average molecular weight is 548 g/mol. The van der Waals surface area contributed by atoms with Crippen LogP contribution in [0.15, 0.2) is 34.2 Å². The van der Waals surface area contributed by atoms with Gasteiger partial charge in [-0.2, -0.15) is 4.99 Å². The van der Waals surface area contributed by atoms with Gasteiger partial charge in [-0.1, -0.05) is 18.0 Å². The molecule has 2 aliphatic rings. The van der Waals surface area contributed by atoms with Gasteiger partial charge in [-0.25, -0.2) is 8.42 Å². The molecule has 2 aromatic carbocycles. The predicted molar refractivity (Wildman–Crippen MR) is 142 cm³/mol. The topological polar surface area (TPSA) is 148 Å². The molecule has 0 spiro atoms. The Labute approximate surface area is 221 Å². The highest BCUT2D eigenvalue weighted by atomic mass is 35.5. The van der Waals surface area contributed by atoms with Gasteiger partial charge >= 0.3 is 0 Å². The van der Waals surface area contributed by atoms with Crippen LogP contribution in [0.25, 0.3) is 0 Å². The van der Waals surface area contributed by atoms with Crippen molar-refractivity contribution in [3.63, 3.8) is 0 Å². The van der Waals surface area contributed by atoms with E-state index >= 15 is 0 Å². The molecule has 4 rings (SSSR count). The molecule has 2 aromatic rings. The zero-order chi connectivity index (χ0) is 26.9. The first-order valence-corrected chi connectivity index (χ1v) is 14.0. The summed E-state index contributed by atoms with van der Waals surface area (Å²) in [6, 6.07) is 5.90. The number of piperidine rings is 1. The molecular formula is C25H30ClN5O5S. The average Bonchev–Trinajstić information content (AvgIpc) is 2.93. The third kappa shape index (κ3) is 5.89. The van der Waals surface area contributed by atoms with Crippen molar-refractivity contribution in [1.29, 1.82) is 0 Å². The molecule has 198 valence electrons. The first-order chi connectivity index (χ1) is 17.5. The standard InChI is InChI=1S/C25H30ClN5O5S/c1-15-10-17(24(33)29-25(27)28)12-21-22(15)36-23-18(14-37(21,34)35)11-19(13-20(23)26)31(16(2)32)9-8-30-6-4-3-5-7-30/h10-13H,3-9,14H2,1-2H3,(H4,27,28,29,33). The molecule has 0 unspecified atom stereocenters. The summed E-state index contributed by atoms with van der Waals surface area (Å²) in [5.41, 5.74) is 11.8. The Hall–Kier alpha value is -3.15. The molecule has 0 bridgehead atoms. The zero-order valence-corrected chi connectivity index (χ0v) is 22.4. The van der Waals surface area contributed by atoms with Crippen LogP contribution in [0.4, 0.5) is 5.69 Å². The van der Waals surface area contributed by atoms with E-state index in [9.17, 15) is 18.0 Å². The maximum Gasteiger partial charge on any atom is 0.280 e. The Morgan fingerprint density at radius 2 is 1.81 bits per heavy atom. The smallest absolute Gasteiger partial charge is 0.280 e. The van der Waals surface area contributed by atoms with Crippen molar-refractivity contribution in [1.82, 2.24) is 4.90 Å². The highest BCUT2D eigenvalue weighted by Crippen LogP contribution is 2.45. The van der Waals surface area contributed by atoms with Gasteiger partial charge in [0.25, 0.3) is 5.91 Å². The SMILES string of the molecule is CC(=O)N(CCN1CCCCC1)c1cc(Cl)c2c(c1)CS(=O)(=O)c1cc(C(=O)N=C(N)N)cc(C)c1O2. The third-order valence-electron chi connectivity index (χ3n) is 6.49. The molecule has 10 nitrogen and oxygen atoms in total. The monoisotopic (exact) mass is 547 g/mol. The summed E-state index contributed by atoms with van der Waals surface area (Å²) in [5.74, 6) is -1.54. The number of nitrogens with zero attached hydrogens (tertiary/aromatic N) is 3. The Morgan fingerprint density at radius 1 is 1.11 bits per heavy atom. The van der Waals surface area contributed by atoms with Crippen molar-refractivity contribution in [2.75, 3.05) is 31.1 Å². The minimum atomic E-state index is -3.97. The molecule has 0 aliphatic carbocycles. The van der Waals surface area contributed by atoms with E-state index in [-0.39, 0.29) is 32.9 Å². The van der Waals surface area contributed by atoms with Gasteiger partial charge in [0.1, 0.15) is 16.4 Å². The van der Waals surface area contributed by atoms with Crippen molar-refractivity contribution in [3.05, 3.63) is 46.0 Å². The van der Waals surface area contributed by atoms with Gasteiger partial charge in [0, 0.05) is 36.8 Å². The summed E-state index contributed by atoms with van der Waals surface area (Å²) in [7, 11) is -3.97. The van der Waals surface area contributed by atoms with Crippen LogP contribution in [0.1, 0.15) is 47.7 Å². The van der Waals surface area contributed by atoms with E-state index in [1.54, 1.807) is 24.0 Å². The lowest BCUT2D eigenvalue weighted by Gasteiger charge is -2.30. The van der Waals surface area contributed by atoms with E-state index in [1.807, 2.05) is 0 Å². The fourth-order valence-corrected chi connectivity index (χ4v) is 6.54. The molecule has 0 aromatic heterocycles. The van der Waals surface area contributed by atoms with Crippen LogP contribution in [0, 0.1) is 6.92 Å². The molecule has 2 amide bonds. The van der Waals surface area contributed by atoms with Gasteiger partial charge in [0.05, 0.1) is 10.8 Å². The van der Waals surface area contributed by atoms with Crippen molar-refractivity contribution in [2.45, 2.75) is 43.8 Å². The lowest BCUT2D eigenvalue weighted by molar-refractivity contribution is -0.116. The number of anilines is 1. The number of halogens is 1. The second-order valence-electron chi connectivity index (χ2n) is 9.31. The molecule has 1 saturated heterocycles. The van der Waals surface area contributed by atoms with Gasteiger partial charge in [-0.3, -0.25) is 9.59 Å². The van der Waals surface area contributed by atoms with E-state index < -0.39 is 27.5 Å². The number of aliphatic imine (C=N–C) groups is 1. The van der Waals surface area contributed by atoms with Gasteiger partial charge in [0.2, 0.25) is 5.91 Å². The van der Waals surface area contributed by atoms with Crippen LogP contribution in [0.5, 0.6) is 11.5 Å². The first-order valence-electron chi connectivity index (χ1n) is 12.0. The van der Waals surface area contributed by atoms with E-state index in [4.69, 9.17) is 27.8 Å². The zero-order valence-electron chi connectivity index (χ0n) is 20.8. The summed E-state index contributed by atoms with van der Waals surface area (Å²) in [5, 5.41) is 0.180. The maximum atomic E-state index is 13.5. The molecule has 0 radical (unpaired) electrons. The minimum absolute atomic E-state index is 0.00929. The number of rotatable bonds is 5. The number of fused-ring (bicyclic) bond motifs is 2. The summed E-state index contributed by atoms with van der Waals surface area (Å²) in [6.45, 7) is 6.24. The number of ether oxygens (including phenoxy) is 1. The van der Waals surface area contributed by atoms with E-state index in [1.165, 1.54) is 25.5 Å². The van der Waals surface area contributed by atoms with Crippen molar-refractivity contribution in [2.24, 2.45) is 16.5 Å². The van der Waals surface area contributed by atoms with E-state index in [0.717, 1.165) is 25.9 Å². The molecule has 2 aliphatic heterocycles. The van der Waals surface area contributed by atoms with Crippen LogP contribution < -0.4 is 21.1 Å². The predicted octanol–water partition coefficient (Wildman–Crippen LogP) is 2.98. The van der Waals surface area contributed by atoms with E-state index in [0.29, 0.717) is 29.9 Å². The van der Waals surface area contributed by atoms with Gasteiger partial charge in [0.15, 0.2) is 15.8 Å². The number of aryl methyl sites for hydroxylation is 1. The normalized spacial score (nSPS) is 16.5. The summed E-state index contributed by atoms with van der Waals surface area (Å²) < 4.78 is 33.0. The number of benzene rings is 2. The summed E-state index contributed by atoms with van der Waals surface area (Å²) in [4.78, 5) is 32.2. The second-order valence-corrected chi connectivity index (χ2v) is 11.7. The van der Waals surface area contributed by atoms with Crippen LogP contribution >= 0.6 is 11.6 Å². The molecule has 0 saturated carbocycles. The third-order valence-corrected chi connectivity index (χ3v) is 8.43. The second kappa shape index (κ2) is 10.7. The Balaban J connectivity index is 1.71. The van der Waals surface area contributed by atoms with E-state index in [2.05, 4.69) is 9.89 Å². The molecule has 0 atom stereocenters. The fraction of sp³-hybridized carbons (Fsp3) is 0.400. The molecular weight excluding hydrogens is 518 g/mol. The highest BCUT2D eigenvalue weighted by molar-refractivity contribution is 7.90. The molecule has 1 fully saturated rings. The number of sulfone groups is 1. The summed E-state index contributed by atoms with van der Waals surface area (Å²) in [6.07, 6.45) is 3.49. The van der Waals surface area contributed by atoms with Gasteiger partial charge in [-0.05, 0) is 62.7 Å². The maximum absolute atomic E-state index is 13.5. The number of guanidine groups is 1. The molecule has 2 heterocycles. The lowest BCUT2D eigenvalue weighted by Crippen LogP contribution is -2.39. The fourth-order valence-electron chi connectivity index (χ4n) is 4.70. The number of hydrogen-bond donors (Lipinski definition) is 2.